The van der Waals surface area contributed by atoms with Crippen LogP contribution in [0.3, 0.4) is 0 Å². The maximum absolute atomic E-state index is 12.4. The van der Waals surface area contributed by atoms with Crippen molar-refractivity contribution in [3.05, 3.63) is 54.1 Å². The lowest BCUT2D eigenvalue weighted by Crippen LogP contribution is -2.34. The van der Waals surface area contributed by atoms with Crippen molar-refractivity contribution in [1.82, 2.24) is 5.32 Å². The monoisotopic (exact) mass is 427 g/mol. The Hall–Kier alpha value is -2.93. The molecule has 0 aromatic heterocycles. The topological polar surface area (TPSA) is 79.5 Å². The lowest BCUT2D eigenvalue weighted by atomic mass is 10.2. The average Bonchev–Trinajstić information content (AvgIpc) is 2.72. The zero-order valence-corrected chi connectivity index (χ0v) is 18.5. The average molecular weight is 428 g/mol. The maximum atomic E-state index is 12.4. The highest BCUT2D eigenvalue weighted by molar-refractivity contribution is 7.80. The summed E-state index contributed by atoms with van der Waals surface area (Å²) in [5.74, 6) is 0.386. The SMILES string of the molecule is CCCCC(=O)Nc1cccc(NC(=S)NC(=O)c2ccc(O[C@H](C)CC)cc2)c1. The minimum absolute atomic E-state index is 0.0226. The van der Waals surface area contributed by atoms with Crippen LogP contribution in [0, 0.1) is 0 Å². The lowest BCUT2D eigenvalue weighted by molar-refractivity contribution is -0.116. The predicted molar refractivity (Wildman–Crippen MR) is 125 cm³/mol. The summed E-state index contributed by atoms with van der Waals surface area (Å²) >= 11 is 5.24. The number of benzene rings is 2. The molecule has 2 amide bonds. The minimum atomic E-state index is -0.313. The number of anilines is 2. The van der Waals surface area contributed by atoms with Crippen molar-refractivity contribution in [1.29, 1.82) is 0 Å². The molecular weight excluding hydrogens is 398 g/mol. The van der Waals surface area contributed by atoms with E-state index in [2.05, 4.69) is 22.9 Å². The Morgan fingerprint density at radius 2 is 1.70 bits per heavy atom. The van der Waals surface area contributed by atoms with E-state index in [1.54, 1.807) is 48.5 Å². The normalized spacial score (nSPS) is 11.3. The van der Waals surface area contributed by atoms with E-state index < -0.39 is 0 Å². The maximum Gasteiger partial charge on any atom is 0.257 e. The van der Waals surface area contributed by atoms with Gasteiger partial charge in [-0.05, 0) is 74.4 Å². The minimum Gasteiger partial charge on any atom is -0.491 e. The Bertz CT molecular complexity index is 868. The fourth-order valence-electron chi connectivity index (χ4n) is 2.57. The molecule has 2 aromatic carbocycles. The molecule has 0 aliphatic rings. The van der Waals surface area contributed by atoms with Gasteiger partial charge in [-0.25, -0.2) is 0 Å². The summed E-state index contributed by atoms with van der Waals surface area (Å²) in [5, 5.41) is 8.66. The molecule has 2 rings (SSSR count). The molecule has 30 heavy (non-hydrogen) atoms. The lowest BCUT2D eigenvalue weighted by Gasteiger charge is -2.13. The van der Waals surface area contributed by atoms with E-state index in [0.29, 0.717) is 23.4 Å². The second-order valence-corrected chi connectivity index (χ2v) is 7.41. The summed E-state index contributed by atoms with van der Waals surface area (Å²) in [6.45, 7) is 6.09. The van der Waals surface area contributed by atoms with E-state index in [-0.39, 0.29) is 23.0 Å². The number of thiocarbonyl (C=S) groups is 1. The summed E-state index contributed by atoms with van der Waals surface area (Å²) in [6, 6.07) is 14.1. The summed E-state index contributed by atoms with van der Waals surface area (Å²) < 4.78 is 5.72. The van der Waals surface area contributed by atoms with E-state index in [4.69, 9.17) is 17.0 Å². The van der Waals surface area contributed by atoms with Crippen molar-refractivity contribution in [2.45, 2.75) is 52.6 Å². The van der Waals surface area contributed by atoms with Crippen molar-refractivity contribution in [2.75, 3.05) is 10.6 Å². The van der Waals surface area contributed by atoms with Crippen LogP contribution in [0.25, 0.3) is 0 Å². The number of hydrogen-bond acceptors (Lipinski definition) is 4. The van der Waals surface area contributed by atoms with Gasteiger partial charge in [0.15, 0.2) is 5.11 Å². The molecule has 0 aliphatic carbocycles. The molecule has 6 nitrogen and oxygen atoms in total. The molecule has 0 unspecified atom stereocenters. The van der Waals surface area contributed by atoms with Crippen LogP contribution in [0.4, 0.5) is 11.4 Å². The number of amides is 2. The summed E-state index contributed by atoms with van der Waals surface area (Å²) in [4.78, 5) is 24.3. The van der Waals surface area contributed by atoms with Gasteiger partial charge in [0.1, 0.15) is 5.75 Å². The molecule has 0 radical (unpaired) electrons. The molecule has 160 valence electrons. The van der Waals surface area contributed by atoms with Crippen molar-refractivity contribution in [3.63, 3.8) is 0 Å². The fraction of sp³-hybridized carbons (Fsp3) is 0.348. The standard InChI is InChI=1S/C23H29N3O3S/c1-4-6-10-21(27)24-18-8-7-9-19(15-18)25-23(30)26-22(28)17-11-13-20(14-12-17)29-16(3)5-2/h7-9,11-16H,4-6,10H2,1-3H3,(H,24,27)(H2,25,26,28,30)/t16-/m1/s1. The number of hydrogen-bond donors (Lipinski definition) is 3. The second-order valence-electron chi connectivity index (χ2n) is 7.00. The largest absolute Gasteiger partial charge is 0.491 e. The van der Waals surface area contributed by atoms with E-state index in [9.17, 15) is 9.59 Å². The quantitative estimate of drug-likeness (QED) is 0.484. The number of nitrogens with one attached hydrogen (secondary N) is 3. The molecule has 0 bridgehead atoms. The van der Waals surface area contributed by atoms with Gasteiger partial charge in [-0.3, -0.25) is 14.9 Å². The molecule has 0 spiro atoms. The smallest absolute Gasteiger partial charge is 0.257 e. The van der Waals surface area contributed by atoms with Crippen LogP contribution < -0.4 is 20.7 Å². The highest BCUT2D eigenvalue weighted by Gasteiger charge is 2.10. The van der Waals surface area contributed by atoms with Crippen molar-refractivity contribution in [3.8, 4) is 5.75 Å². The predicted octanol–water partition coefficient (Wildman–Crippen LogP) is 5.12. The zero-order chi connectivity index (χ0) is 21.9. The summed E-state index contributed by atoms with van der Waals surface area (Å²) in [5.41, 5.74) is 1.82. The van der Waals surface area contributed by atoms with Gasteiger partial charge in [0.05, 0.1) is 6.10 Å². The Kier molecular flexibility index (Phi) is 9.28. The number of ether oxygens (including phenoxy) is 1. The summed E-state index contributed by atoms with van der Waals surface area (Å²) in [7, 11) is 0. The molecule has 2 aromatic rings. The van der Waals surface area contributed by atoms with Crippen LogP contribution in [0.15, 0.2) is 48.5 Å². The van der Waals surface area contributed by atoms with Gasteiger partial charge in [-0.15, -0.1) is 0 Å². The Morgan fingerprint density at radius 3 is 2.33 bits per heavy atom. The number of carbonyl (C=O) groups excluding carboxylic acids is 2. The number of rotatable bonds is 9. The third kappa shape index (κ3) is 7.83. The van der Waals surface area contributed by atoms with Crippen LogP contribution in [0.1, 0.15) is 56.8 Å². The van der Waals surface area contributed by atoms with E-state index >= 15 is 0 Å². The second kappa shape index (κ2) is 11.9. The van der Waals surface area contributed by atoms with E-state index in [1.165, 1.54) is 0 Å². The Morgan fingerprint density at radius 1 is 1.03 bits per heavy atom. The molecule has 0 saturated carbocycles. The van der Waals surface area contributed by atoms with Gasteiger partial charge >= 0.3 is 0 Å². The molecule has 3 N–H and O–H groups in total. The van der Waals surface area contributed by atoms with Crippen molar-refractivity contribution < 1.29 is 14.3 Å². The van der Waals surface area contributed by atoms with Gasteiger partial charge < -0.3 is 15.4 Å². The first-order valence-corrected chi connectivity index (χ1v) is 10.6. The van der Waals surface area contributed by atoms with Gasteiger partial charge in [-0.2, -0.15) is 0 Å². The van der Waals surface area contributed by atoms with Crippen LogP contribution in [0.5, 0.6) is 5.75 Å². The first-order valence-electron chi connectivity index (χ1n) is 10.2. The fourth-order valence-corrected chi connectivity index (χ4v) is 2.78. The molecule has 0 aliphatic heterocycles. The molecule has 0 heterocycles. The molecule has 7 heteroatoms. The third-order valence-corrected chi connectivity index (χ3v) is 4.62. The van der Waals surface area contributed by atoms with Crippen LogP contribution in [0.2, 0.25) is 0 Å². The van der Waals surface area contributed by atoms with Gasteiger partial charge in [0.2, 0.25) is 5.91 Å². The van der Waals surface area contributed by atoms with Gasteiger partial charge in [-0.1, -0.05) is 26.3 Å². The molecular formula is C23H29N3O3S. The van der Waals surface area contributed by atoms with E-state index in [0.717, 1.165) is 25.0 Å². The van der Waals surface area contributed by atoms with Crippen LogP contribution >= 0.6 is 12.2 Å². The summed E-state index contributed by atoms with van der Waals surface area (Å²) in [6.07, 6.45) is 3.34. The third-order valence-electron chi connectivity index (χ3n) is 4.42. The highest BCUT2D eigenvalue weighted by Crippen LogP contribution is 2.17. The number of unbranched alkanes of at least 4 members (excludes halogenated alkanes) is 1. The Labute approximate surface area is 183 Å². The van der Waals surface area contributed by atoms with Crippen molar-refractivity contribution >= 4 is 40.5 Å². The highest BCUT2D eigenvalue weighted by atomic mass is 32.1. The molecule has 0 fully saturated rings. The number of carbonyl (C=O) groups is 2. The van der Waals surface area contributed by atoms with Gasteiger partial charge in [0.25, 0.3) is 5.91 Å². The first kappa shape index (κ1) is 23.3. The zero-order valence-electron chi connectivity index (χ0n) is 17.7. The van der Waals surface area contributed by atoms with Crippen LogP contribution in [-0.4, -0.2) is 23.0 Å². The van der Waals surface area contributed by atoms with Gasteiger partial charge in [0, 0.05) is 23.4 Å². The van der Waals surface area contributed by atoms with E-state index in [1.807, 2.05) is 13.8 Å². The first-order chi connectivity index (χ1) is 14.4. The van der Waals surface area contributed by atoms with Crippen molar-refractivity contribution in [2.24, 2.45) is 0 Å². The Balaban J connectivity index is 1.90. The molecule has 1 atom stereocenters. The molecule has 0 saturated heterocycles. The van der Waals surface area contributed by atoms with Crippen LogP contribution in [-0.2, 0) is 4.79 Å².